The third kappa shape index (κ3) is 5.99. The number of anilines is 1. The molecule has 5 aromatic rings. The number of nitrogens with one attached hydrogen (secondary N) is 1. The molecule has 1 aliphatic rings. The Bertz CT molecular complexity index is 1780. The molecule has 0 bridgehead atoms. The van der Waals surface area contributed by atoms with Gasteiger partial charge >= 0.3 is 12.1 Å². The maximum atomic E-state index is 13.3. The summed E-state index contributed by atoms with van der Waals surface area (Å²) in [6, 6.07) is 18.6. The molecule has 1 unspecified atom stereocenters. The Morgan fingerprint density at radius 1 is 1.02 bits per heavy atom. The van der Waals surface area contributed by atoms with Crippen LogP contribution >= 0.6 is 0 Å². The lowest BCUT2D eigenvalue weighted by Gasteiger charge is -2.35. The van der Waals surface area contributed by atoms with Crippen LogP contribution in [0.3, 0.4) is 0 Å². The molecule has 0 saturated heterocycles. The Morgan fingerprint density at radius 2 is 1.77 bits per heavy atom. The molecule has 1 atom stereocenters. The van der Waals surface area contributed by atoms with Crippen LogP contribution in [0.1, 0.15) is 71.5 Å². The largest absolute Gasteiger partial charge is 0.475 e. The van der Waals surface area contributed by atoms with Crippen molar-refractivity contribution in [3.63, 3.8) is 0 Å². The van der Waals surface area contributed by atoms with E-state index in [1.807, 2.05) is 47.0 Å². The van der Waals surface area contributed by atoms with Gasteiger partial charge < -0.3 is 15.0 Å². The van der Waals surface area contributed by atoms with Crippen LogP contribution in [0.25, 0.3) is 22.7 Å². The smallest absolute Gasteiger partial charge is 0.416 e. The molecule has 6 rings (SSSR count). The van der Waals surface area contributed by atoms with Crippen molar-refractivity contribution in [1.82, 2.24) is 24.5 Å². The van der Waals surface area contributed by atoms with Gasteiger partial charge in [-0.25, -0.2) is 19.7 Å². The van der Waals surface area contributed by atoms with E-state index in [1.165, 1.54) is 12.1 Å². The van der Waals surface area contributed by atoms with Gasteiger partial charge in [-0.1, -0.05) is 62.2 Å². The van der Waals surface area contributed by atoms with Gasteiger partial charge in [0.15, 0.2) is 17.3 Å². The molecular formula is C33H31F3N6O2. The topological polar surface area (TPSA) is 106 Å². The predicted molar refractivity (Wildman–Crippen MR) is 160 cm³/mol. The number of aromatic carboxylic acids is 1. The van der Waals surface area contributed by atoms with E-state index in [-0.39, 0.29) is 18.2 Å². The third-order valence-corrected chi connectivity index (χ3v) is 8.08. The van der Waals surface area contributed by atoms with Crippen molar-refractivity contribution >= 4 is 23.0 Å². The Hall–Kier alpha value is -4.80. The summed E-state index contributed by atoms with van der Waals surface area (Å²) in [7, 11) is 0. The van der Waals surface area contributed by atoms with Gasteiger partial charge in [0.2, 0.25) is 5.82 Å². The quantitative estimate of drug-likeness (QED) is 0.170. The van der Waals surface area contributed by atoms with Crippen LogP contribution in [0.5, 0.6) is 0 Å². The summed E-state index contributed by atoms with van der Waals surface area (Å²) in [6.45, 7) is 2.21. The fourth-order valence-corrected chi connectivity index (χ4v) is 5.66. The molecule has 226 valence electrons. The maximum absolute atomic E-state index is 13.3. The number of aromatic nitrogens is 5. The number of carboxylic acid groups (broad SMARTS) is 1. The van der Waals surface area contributed by atoms with Crippen molar-refractivity contribution in [2.45, 2.75) is 57.8 Å². The Balaban J connectivity index is 1.54. The number of nitrogens with zero attached hydrogens (tertiary/aromatic N) is 5. The standard InChI is InChI=1S/C33H31F3N6O2/c1-2-7-20-16-17-37-25(18-20)31-41-29-27(42(31)19-21-12-14-24(15-13-21)33(34,35)36)28(39-30(40-29)32(43)44)38-26(23-10-6-11-23)22-8-4-3-5-9-22/h3-5,8-9,12-18,23,26H,2,6-7,10-11,19H2,1H3,(H,43,44)(H,38,39,40). The number of benzene rings is 2. The van der Waals surface area contributed by atoms with E-state index in [0.29, 0.717) is 34.3 Å². The van der Waals surface area contributed by atoms with Crippen LogP contribution in [0, 0.1) is 5.92 Å². The van der Waals surface area contributed by atoms with Gasteiger partial charge in [-0.2, -0.15) is 13.2 Å². The second kappa shape index (κ2) is 12.1. The average molecular weight is 601 g/mol. The van der Waals surface area contributed by atoms with Crippen molar-refractivity contribution in [3.05, 3.63) is 101 Å². The Morgan fingerprint density at radius 3 is 2.41 bits per heavy atom. The van der Waals surface area contributed by atoms with Crippen LogP contribution in [0.4, 0.5) is 19.0 Å². The first-order valence-corrected chi connectivity index (χ1v) is 14.7. The Labute approximate surface area is 252 Å². The van der Waals surface area contributed by atoms with Gasteiger partial charge in [0, 0.05) is 12.7 Å². The van der Waals surface area contributed by atoms with Crippen molar-refractivity contribution in [3.8, 4) is 11.5 Å². The summed E-state index contributed by atoms with van der Waals surface area (Å²) >= 11 is 0. The fraction of sp³-hybridized carbons (Fsp3) is 0.303. The number of aryl methyl sites for hydroxylation is 1. The van der Waals surface area contributed by atoms with Gasteiger partial charge in [-0.15, -0.1) is 0 Å². The molecule has 8 nitrogen and oxygen atoms in total. The van der Waals surface area contributed by atoms with Gasteiger partial charge in [0.25, 0.3) is 0 Å². The molecular weight excluding hydrogens is 569 g/mol. The van der Waals surface area contributed by atoms with Crippen molar-refractivity contribution in [2.75, 3.05) is 5.32 Å². The van der Waals surface area contributed by atoms with Gasteiger partial charge in [-0.3, -0.25) is 4.98 Å². The number of hydrogen-bond donors (Lipinski definition) is 2. The van der Waals surface area contributed by atoms with Crippen LogP contribution in [-0.4, -0.2) is 35.6 Å². The van der Waals surface area contributed by atoms with Crippen molar-refractivity contribution in [2.24, 2.45) is 5.92 Å². The number of rotatable bonds is 10. The SMILES string of the molecule is CCCc1ccnc(-c2nc3nc(C(=O)O)nc(NC(c4ccccc4)C4CCC4)c3n2Cc2ccc(C(F)(F)F)cc2)c1. The molecule has 11 heteroatoms. The monoisotopic (exact) mass is 600 g/mol. The molecule has 3 heterocycles. The van der Waals surface area contributed by atoms with Gasteiger partial charge in [0.1, 0.15) is 11.2 Å². The van der Waals surface area contributed by atoms with E-state index < -0.39 is 23.5 Å². The number of halogens is 3. The van der Waals surface area contributed by atoms with Crippen molar-refractivity contribution < 1.29 is 23.1 Å². The van der Waals surface area contributed by atoms with E-state index >= 15 is 0 Å². The number of hydrogen-bond acceptors (Lipinski definition) is 6. The molecule has 0 radical (unpaired) electrons. The van der Waals surface area contributed by atoms with E-state index in [2.05, 4.69) is 27.2 Å². The summed E-state index contributed by atoms with van der Waals surface area (Å²) < 4.78 is 41.7. The van der Waals surface area contributed by atoms with E-state index in [4.69, 9.17) is 4.98 Å². The van der Waals surface area contributed by atoms with Crippen LogP contribution in [0.2, 0.25) is 0 Å². The third-order valence-electron chi connectivity index (χ3n) is 8.08. The van der Waals surface area contributed by atoms with Crippen molar-refractivity contribution in [1.29, 1.82) is 0 Å². The highest BCUT2D eigenvalue weighted by Crippen LogP contribution is 2.41. The van der Waals surface area contributed by atoms with Gasteiger partial charge in [0.05, 0.1) is 11.6 Å². The minimum Gasteiger partial charge on any atom is -0.475 e. The fourth-order valence-electron chi connectivity index (χ4n) is 5.66. The van der Waals surface area contributed by atoms with Crippen LogP contribution in [-0.2, 0) is 19.1 Å². The molecule has 2 N–H and O–H groups in total. The highest BCUT2D eigenvalue weighted by Gasteiger charge is 2.32. The second-order valence-electron chi connectivity index (χ2n) is 11.1. The lowest BCUT2D eigenvalue weighted by Crippen LogP contribution is -2.27. The normalized spacial score (nSPS) is 14.4. The van der Waals surface area contributed by atoms with Crippen LogP contribution in [0.15, 0.2) is 72.9 Å². The first-order chi connectivity index (χ1) is 21.2. The molecule has 2 aromatic carbocycles. The summed E-state index contributed by atoms with van der Waals surface area (Å²) in [5.74, 6) is -0.675. The zero-order valence-electron chi connectivity index (χ0n) is 24.1. The maximum Gasteiger partial charge on any atom is 0.416 e. The van der Waals surface area contributed by atoms with E-state index in [1.54, 1.807) is 6.20 Å². The number of imidazole rings is 1. The van der Waals surface area contributed by atoms with E-state index in [9.17, 15) is 23.1 Å². The number of alkyl halides is 3. The number of carboxylic acids is 1. The minimum atomic E-state index is -4.46. The lowest BCUT2D eigenvalue weighted by atomic mass is 9.77. The summed E-state index contributed by atoms with van der Waals surface area (Å²) in [5.41, 5.74) is 3.10. The molecule has 0 amide bonds. The second-order valence-corrected chi connectivity index (χ2v) is 11.1. The lowest BCUT2D eigenvalue weighted by molar-refractivity contribution is -0.137. The van der Waals surface area contributed by atoms with Crippen LogP contribution < -0.4 is 5.32 Å². The summed E-state index contributed by atoms with van der Waals surface area (Å²) in [6.07, 6.45) is 2.11. The molecule has 0 aliphatic heterocycles. The molecule has 1 fully saturated rings. The summed E-state index contributed by atoms with van der Waals surface area (Å²) in [5, 5.41) is 13.5. The van der Waals surface area contributed by atoms with E-state index in [0.717, 1.165) is 55.4 Å². The molecule has 3 aromatic heterocycles. The number of pyridine rings is 1. The van der Waals surface area contributed by atoms with Gasteiger partial charge in [-0.05, 0) is 66.1 Å². The predicted octanol–water partition coefficient (Wildman–Crippen LogP) is 7.56. The first kappa shape index (κ1) is 29.3. The zero-order valence-corrected chi connectivity index (χ0v) is 24.1. The number of carbonyl (C=O) groups is 1. The summed E-state index contributed by atoms with van der Waals surface area (Å²) in [4.78, 5) is 30.2. The Kier molecular flexibility index (Phi) is 8.03. The molecule has 1 aliphatic carbocycles. The molecule has 1 saturated carbocycles. The molecule has 0 spiro atoms. The molecule has 44 heavy (non-hydrogen) atoms. The minimum absolute atomic E-state index is 0.132. The first-order valence-electron chi connectivity index (χ1n) is 14.7. The average Bonchev–Trinajstić information content (AvgIpc) is 3.35. The highest BCUT2D eigenvalue weighted by atomic mass is 19.4. The zero-order chi connectivity index (χ0) is 30.8. The number of fused-ring (bicyclic) bond motifs is 1. The highest BCUT2D eigenvalue weighted by molar-refractivity contribution is 5.92.